The van der Waals surface area contributed by atoms with Crippen LogP contribution in [-0.2, 0) is 0 Å². The summed E-state index contributed by atoms with van der Waals surface area (Å²) in [5.41, 5.74) is 0. The Morgan fingerprint density at radius 1 is 0.500 bits per heavy atom. The zero-order valence-corrected chi connectivity index (χ0v) is 16.8. The second-order valence-corrected chi connectivity index (χ2v) is 8.79. The fraction of sp³-hybridized carbons (Fsp3) is 0.214. The van der Waals surface area contributed by atoms with E-state index in [1.165, 1.54) is 68.8 Å². The third kappa shape index (κ3) is 2.19. The van der Waals surface area contributed by atoms with Gasteiger partial charge in [0.15, 0.2) is 0 Å². The fourth-order valence-corrected chi connectivity index (χ4v) is 5.72. The van der Waals surface area contributed by atoms with Crippen molar-refractivity contribution in [2.45, 2.75) is 37.8 Å². The summed E-state index contributed by atoms with van der Waals surface area (Å²) in [6.07, 6.45) is 4.88. The van der Waals surface area contributed by atoms with Crippen molar-refractivity contribution in [1.29, 1.82) is 0 Å². The normalized spacial score (nSPS) is 20.7. The average molecular weight is 386 g/mol. The topological polar surface area (TPSA) is 24.7 Å². The van der Waals surface area contributed by atoms with Crippen LogP contribution in [0.5, 0.6) is 0 Å². The first-order valence-electron chi connectivity index (χ1n) is 11.1. The number of fused-ring (bicyclic) bond motifs is 11. The molecule has 2 nitrogen and oxygen atoms in total. The summed E-state index contributed by atoms with van der Waals surface area (Å²) >= 11 is 0. The molecule has 7 rings (SSSR count). The van der Waals surface area contributed by atoms with Crippen molar-refractivity contribution in [3.8, 4) is 0 Å². The number of hydrogen-bond donors (Lipinski definition) is 0. The lowest BCUT2D eigenvalue weighted by atomic mass is 9.88. The maximum Gasteiger partial charge on any atom is 0.0915 e. The maximum absolute atomic E-state index is 5.34. The number of hydrogen-bond acceptors (Lipinski definition) is 2. The minimum Gasteiger partial charge on any atom is -0.277 e. The molecular formula is C28H22N2. The first-order valence-corrected chi connectivity index (χ1v) is 11.1. The fourth-order valence-electron chi connectivity index (χ4n) is 5.72. The standard InChI is InChI=1S/C28H22N2/c1-3-9-19-17(7-1)13-15-21-25(19)26-20-10-4-2-8-18(20)14-16-22(26)28-27(21)29-23-11-5-6-12-24(23)30-28/h1-4,7-10,13-16,23-24H,5-6,11-12H2/t23-,24-/m0/s1. The predicted molar refractivity (Wildman–Crippen MR) is 125 cm³/mol. The van der Waals surface area contributed by atoms with E-state index in [9.17, 15) is 0 Å². The minimum atomic E-state index is 0.346. The largest absolute Gasteiger partial charge is 0.277 e. The SMILES string of the molecule is c1ccc2c(c1)ccc1c3c(c4ccc5ccccc5c4c12)=N[C@H]1CCCC[C@@H]1N=3. The van der Waals surface area contributed by atoms with Crippen LogP contribution in [0, 0.1) is 0 Å². The van der Waals surface area contributed by atoms with Crippen LogP contribution in [0.1, 0.15) is 25.7 Å². The van der Waals surface area contributed by atoms with Crippen molar-refractivity contribution in [2.24, 2.45) is 9.98 Å². The summed E-state index contributed by atoms with van der Waals surface area (Å²) in [4.78, 5) is 10.7. The second kappa shape index (κ2) is 6.12. The molecule has 2 aliphatic rings. The minimum absolute atomic E-state index is 0.346. The lowest BCUT2D eigenvalue weighted by Crippen LogP contribution is -2.41. The Balaban J connectivity index is 1.82. The van der Waals surface area contributed by atoms with Gasteiger partial charge in [-0.2, -0.15) is 0 Å². The van der Waals surface area contributed by atoms with Gasteiger partial charge in [0.25, 0.3) is 0 Å². The summed E-state index contributed by atoms with van der Waals surface area (Å²) in [7, 11) is 0. The van der Waals surface area contributed by atoms with Crippen molar-refractivity contribution >= 4 is 43.1 Å². The average Bonchev–Trinajstić information content (AvgIpc) is 2.82. The van der Waals surface area contributed by atoms with Gasteiger partial charge < -0.3 is 0 Å². The highest BCUT2D eigenvalue weighted by Gasteiger charge is 2.27. The molecule has 2 atom stereocenters. The molecule has 0 unspecified atom stereocenters. The van der Waals surface area contributed by atoms with Gasteiger partial charge >= 0.3 is 0 Å². The highest BCUT2D eigenvalue weighted by atomic mass is 14.9. The van der Waals surface area contributed by atoms with Crippen molar-refractivity contribution in [3.05, 3.63) is 83.5 Å². The summed E-state index contributed by atoms with van der Waals surface area (Å²) in [6, 6.07) is 27.2. The molecule has 1 heterocycles. The molecule has 5 aromatic carbocycles. The Labute approximate surface area is 174 Å². The van der Waals surface area contributed by atoms with Crippen LogP contribution in [0.25, 0.3) is 43.1 Å². The highest BCUT2D eigenvalue weighted by molar-refractivity contribution is 6.27. The van der Waals surface area contributed by atoms with Crippen LogP contribution in [-0.4, -0.2) is 12.1 Å². The number of nitrogens with zero attached hydrogens (tertiary/aromatic N) is 2. The molecule has 0 aromatic heterocycles. The van der Waals surface area contributed by atoms with Crippen LogP contribution >= 0.6 is 0 Å². The van der Waals surface area contributed by atoms with E-state index in [2.05, 4.69) is 72.8 Å². The third-order valence-electron chi connectivity index (χ3n) is 7.13. The second-order valence-electron chi connectivity index (χ2n) is 8.79. The molecule has 30 heavy (non-hydrogen) atoms. The van der Waals surface area contributed by atoms with Crippen molar-refractivity contribution in [3.63, 3.8) is 0 Å². The predicted octanol–water partition coefficient (Wildman–Crippen LogP) is 5.86. The molecule has 1 fully saturated rings. The Morgan fingerprint density at radius 3 is 1.47 bits per heavy atom. The number of benzene rings is 5. The lowest BCUT2D eigenvalue weighted by molar-refractivity contribution is 0.370. The first kappa shape index (κ1) is 16.5. The van der Waals surface area contributed by atoms with Gasteiger partial charge in [0.1, 0.15) is 0 Å². The van der Waals surface area contributed by atoms with E-state index in [1.807, 2.05) is 0 Å². The summed E-state index contributed by atoms with van der Waals surface area (Å²) in [6.45, 7) is 0. The van der Waals surface area contributed by atoms with E-state index in [0.717, 1.165) is 10.7 Å². The van der Waals surface area contributed by atoms with E-state index in [1.54, 1.807) is 0 Å². The molecule has 0 bridgehead atoms. The van der Waals surface area contributed by atoms with Gasteiger partial charge in [-0.3, -0.25) is 9.98 Å². The Kier molecular flexibility index (Phi) is 3.37. The lowest BCUT2D eigenvalue weighted by Gasteiger charge is -2.28. The molecule has 0 N–H and O–H groups in total. The van der Waals surface area contributed by atoms with Crippen LogP contribution in [0.3, 0.4) is 0 Å². The molecular weight excluding hydrogens is 364 g/mol. The molecule has 5 aromatic rings. The van der Waals surface area contributed by atoms with E-state index in [0.29, 0.717) is 12.1 Å². The summed E-state index contributed by atoms with van der Waals surface area (Å²) in [5.74, 6) is 0. The highest BCUT2D eigenvalue weighted by Crippen LogP contribution is 2.34. The molecule has 1 aliphatic heterocycles. The quantitative estimate of drug-likeness (QED) is 0.298. The molecule has 144 valence electrons. The van der Waals surface area contributed by atoms with Gasteiger partial charge in [-0.15, -0.1) is 0 Å². The van der Waals surface area contributed by atoms with E-state index in [4.69, 9.17) is 9.98 Å². The van der Waals surface area contributed by atoms with Gasteiger partial charge in [-0.05, 0) is 34.4 Å². The van der Waals surface area contributed by atoms with Crippen molar-refractivity contribution < 1.29 is 0 Å². The number of rotatable bonds is 0. The van der Waals surface area contributed by atoms with Gasteiger partial charge in [0.05, 0.1) is 22.8 Å². The summed E-state index contributed by atoms with van der Waals surface area (Å²) < 4.78 is 0. The van der Waals surface area contributed by atoms with Crippen LogP contribution in [0.15, 0.2) is 82.8 Å². The van der Waals surface area contributed by atoms with E-state index < -0.39 is 0 Å². The van der Waals surface area contributed by atoms with Gasteiger partial charge in [0.2, 0.25) is 0 Å². The molecule has 1 aliphatic carbocycles. The van der Waals surface area contributed by atoms with Crippen molar-refractivity contribution in [1.82, 2.24) is 0 Å². The Bertz CT molecular complexity index is 1490. The molecule has 0 amide bonds. The molecule has 2 heteroatoms. The molecule has 1 saturated carbocycles. The first-order chi connectivity index (χ1) is 14.9. The van der Waals surface area contributed by atoms with E-state index >= 15 is 0 Å². The van der Waals surface area contributed by atoms with E-state index in [-0.39, 0.29) is 0 Å². The maximum atomic E-state index is 5.34. The van der Waals surface area contributed by atoms with Crippen LogP contribution in [0.2, 0.25) is 0 Å². The summed E-state index contributed by atoms with van der Waals surface area (Å²) in [5, 5.41) is 12.5. The van der Waals surface area contributed by atoms with Crippen LogP contribution in [0.4, 0.5) is 0 Å². The molecule has 0 saturated heterocycles. The van der Waals surface area contributed by atoms with Gasteiger partial charge in [0, 0.05) is 21.5 Å². The third-order valence-corrected chi connectivity index (χ3v) is 7.13. The zero-order valence-electron chi connectivity index (χ0n) is 16.8. The molecule has 0 spiro atoms. The Hall–Kier alpha value is -3.26. The monoisotopic (exact) mass is 386 g/mol. The van der Waals surface area contributed by atoms with Gasteiger partial charge in [-0.1, -0.05) is 85.6 Å². The zero-order chi connectivity index (χ0) is 19.7. The van der Waals surface area contributed by atoms with Crippen LogP contribution < -0.4 is 10.7 Å². The molecule has 0 radical (unpaired) electrons. The van der Waals surface area contributed by atoms with Gasteiger partial charge in [-0.25, -0.2) is 0 Å². The Morgan fingerprint density at radius 2 is 0.967 bits per heavy atom. The van der Waals surface area contributed by atoms with Crippen molar-refractivity contribution in [2.75, 3.05) is 0 Å². The smallest absolute Gasteiger partial charge is 0.0915 e.